The van der Waals surface area contributed by atoms with Crippen LogP contribution >= 0.6 is 11.6 Å². The predicted octanol–water partition coefficient (Wildman–Crippen LogP) is 5.29. The van der Waals surface area contributed by atoms with E-state index in [1.807, 2.05) is 70.2 Å². The van der Waals surface area contributed by atoms with Gasteiger partial charge >= 0.3 is 13.2 Å². The van der Waals surface area contributed by atoms with E-state index in [2.05, 4.69) is 5.32 Å². The summed E-state index contributed by atoms with van der Waals surface area (Å²) in [5.41, 5.74) is 1.30. The van der Waals surface area contributed by atoms with Crippen LogP contribution in [0.25, 0.3) is 6.08 Å². The van der Waals surface area contributed by atoms with Gasteiger partial charge in [0.1, 0.15) is 12.4 Å². The summed E-state index contributed by atoms with van der Waals surface area (Å²) >= 11 is 6.40. The second kappa shape index (κ2) is 9.98. The maximum atomic E-state index is 12.3. The zero-order valence-electron chi connectivity index (χ0n) is 19.1. The number of ether oxygens (including phenoxy) is 2. The molecule has 1 fully saturated rings. The van der Waals surface area contributed by atoms with Crippen molar-refractivity contribution in [3.8, 4) is 5.75 Å². The van der Waals surface area contributed by atoms with Crippen molar-refractivity contribution in [2.24, 2.45) is 0 Å². The van der Waals surface area contributed by atoms with Crippen LogP contribution in [-0.2, 0) is 20.7 Å². The minimum atomic E-state index is -0.656. The molecule has 0 aliphatic carbocycles. The summed E-state index contributed by atoms with van der Waals surface area (Å²) in [7, 11) is 0.938. The SMILES string of the molecule is COc1ccc(Cl)c(C=C(CNC(=O)OCc2ccccc2)B2OC(C)(C)C(C)(C)O2)c1. The predicted molar refractivity (Wildman–Crippen MR) is 127 cm³/mol. The number of alkyl carbamates (subject to hydrolysis) is 1. The quantitative estimate of drug-likeness (QED) is 0.572. The van der Waals surface area contributed by atoms with Crippen molar-refractivity contribution in [2.45, 2.75) is 45.5 Å². The molecule has 8 heteroatoms. The summed E-state index contributed by atoms with van der Waals surface area (Å²) in [6.45, 7) is 8.26. The highest BCUT2D eigenvalue weighted by Gasteiger charge is 2.52. The molecule has 32 heavy (non-hydrogen) atoms. The molecule has 1 amide bonds. The number of nitrogens with one attached hydrogen (secondary N) is 1. The van der Waals surface area contributed by atoms with E-state index in [4.69, 9.17) is 30.4 Å². The fourth-order valence-electron chi connectivity index (χ4n) is 3.10. The third-order valence-corrected chi connectivity index (χ3v) is 6.09. The van der Waals surface area contributed by atoms with Gasteiger partial charge in [-0.2, -0.15) is 0 Å². The van der Waals surface area contributed by atoms with Gasteiger partial charge in [0.25, 0.3) is 0 Å². The average molecular weight is 458 g/mol. The second-order valence-corrected chi connectivity index (χ2v) is 9.02. The number of hydrogen-bond acceptors (Lipinski definition) is 5. The Bertz CT molecular complexity index is 962. The molecule has 3 rings (SSSR count). The molecule has 0 saturated carbocycles. The zero-order valence-corrected chi connectivity index (χ0v) is 19.9. The normalized spacial score (nSPS) is 17.2. The van der Waals surface area contributed by atoms with Gasteiger partial charge in [-0.1, -0.05) is 48.0 Å². The first-order chi connectivity index (χ1) is 15.1. The number of amides is 1. The number of methoxy groups -OCH3 is 1. The fourth-order valence-corrected chi connectivity index (χ4v) is 3.28. The first-order valence-corrected chi connectivity index (χ1v) is 10.8. The van der Waals surface area contributed by atoms with E-state index in [1.54, 1.807) is 19.2 Å². The summed E-state index contributed by atoms with van der Waals surface area (Å²) < 4.78 is 23.0. The minimum absolute atomic E-state index is 0.165. The van der Waals surface area contributed by atoms with Crippen molar-refractivity contribution in [3.63, 3.8) is 0 Å². The molecule has 2 aromatic carbocycles. The molecule has 1 aliphatic rings. The summed E-state index contributed by atoms with van der Waals surface area (Å²) in [5, 5.41) is 3.34. The highest BCUT2D eigenvalue weighted by molar-refractivity contribution is 6.56. The molecule has 1 heterocycles. The second-order valence-electron chi connectivity index (χ2n) is 8.61. The van der Waals surface area contributed by atoms with Crippen LogP contribution in [0.5, 0.6) is 5.75 Å². The summed E-state index contributed by atoms with van der Waals surface area (Å²) in [5.74, 6) is 0.671. The van der Waals surface area contributed by atoms with Crippen molar-refractivity contribution in [1.82, 2.24) is 5.32 Å². The van der Waals surface area contributed by atoms with Gasteiger partial charge in [0, 0.05) is 11.6 Å². The number of benzene rings is 2. The molecular formula is C24H29BClNO5. The van der Waals surface area contributed by atoms with Gasteiger partial charge in [-0.3, -0.25) is 0 Å². The van der Waals surface area contributed by atoms with Gasteiger partial charge in [0.2, 0.25) is 0 Å². The molecule has 1 saturated heterocycles. The summed E-state index contributed by atoms with van der Waals surface area (Å²) in [6.07, 6.45) is 1.32. The van der Waals surface area contributed by atoms with E-state index >= 15 is 0 Å². The van der Waals surface area contributed by atoms with Crippen molar-refractivity contribution in [3.05, 3.63) is 70.2 Å². The number of carbonyl (C=O) groups is 1. The largest absolute Gasteiger partial charge is 0.497 e. The Balaban J connectivity index is 1.77. The molecule has 0 unspecified atom stereocenters. The molecule has 0 aromatic heterocycles. The zero-order chi connectivity index (χ0) is 23.4. The van der Waals surface area contributed by atoms with Crippen molar-refractivity contribution < 1.29 is 23.6 Å². The molecule has 6 nitrogen and oxygen atoms in total. The van der Waals surface area contributed by atoms with Crippen LogP contribution in [0, 0.1) is 0 Å². The third kappa shape index (κ3) is 5.85. The van der Waals surface area contributed by atoms with Gasteiger partial charge in [-0.25, -0.2) is 4.79 Å². The van der Waals surface area contributed by atoms with E-state index in [0.717, 1.165) is 11.1 Å². The number of halogens is 1. The smallest absolute Gasteiger partial charge is 0.492 e. The van der Waals surface area contributed by atoms with Gasteiger partial charge in [-0.15, -0.1) is 0 Å². The minimum Gasteiger partial charge on any atom is -0.497 e. The number of rotatable bonds is 7. The van der Waals surface area contributed by atoms with Crippen LogP contribution < -0.4 is 10.1 Å². The molecule has 0 atom stereocenters. The Morgan fingerprint density at radius 1 is 1.09 bits per heavy atom. The molecule has 0 bridgehead atoms. The molecule has 1 N–H and O–H groups in total. The van der Waals surface area contributed by atoms with Crippen LogP contribution in [0.2, 0.25) is 5.02 Å². The third-order valence-electron chi connectivity index (χ3n) is 5.75. The lowest BCUT2D eigenvalue weighted by molar-refractivity contribution is 0.00578. The lowest BCUT2D eigenvalue weighted by atomic mass is 9.77. The maximum Gasteiger partial charge on any atom is 0.492 e. The lowest BCUT2D eigenvalue weighted by Gasteiger charge is -2.32. The Morgan fingerprint density at radius 2 is 1.75 bits per heavy atom. The molecule has 0 radical (unpaired) electrons. The van der Waals surface area contributed by atoms with Gasteiger partial charge in [0.05, 0.1) is 18.3 Å². The van der Waals surface area contributed by atoms with Crippen LogP contribution in [0.4, 0.5) is 4.79 Å². The van der Waals surface area contributed by atoms with E-state index in [9.17, 15) is 4.79 Å². The maximum absolute atomic E-state index is 12.3. The van der Waals surface area contributed by atoms with Crippen LogP contribution in [0.3, 0.4) is 0 Å². The Hall–Kier alpha value is -2.48. The highest BCUT2D eigenvalue weighted by atomic mass is 35.5. The molecule has 1 aliphatic heterocycles. The topological polar surface area (TPSA) is 66.0 Å². The highest BCUT2D eigenvalue weighted by Crippen LogP contribution is 2.39. The molecular weight excluding hydrogens is 429 g/mol. The van der Waals surface area contributed by atoms with Crippen molar-refractivity contribution >= 4 is 30.9 Å². The molecule has 0 spiro atoms. The van der Waals surface area contributed by atoms with E-state index in [-0.39, 0.29) is 13.2 Å². The fraction of sp³-hybridized carbons (Fsp3) is 0.375. The standard InChI is InChI=1S/C24H29BClNO5/c1-23(2)24(3,4)32-25(31-23)19(13-18-14-20(29-5)11-12-21(18)26)15-27-22(28)30-16-17-9-7-6-8-10-17/h6-14H,15-16H2,1-5H3,(H,27,28). The lowest BCUT2D eigenvalue weighted by Crippen LogP contribution is -2.41. The van der Waals surface area contributed by atoms with Crippen LogP contribution in [0.15, 0.2) is 54.0 Å². The number of carbonyl (C=O) groups excluding carboxylic acids is 1. The Kier molecular flexibility index (Phi) is 7.54. The molecule has 170 valence electrons. The van der Waals surface area contributed by atoms with Gasteiger partial charge in [-0.05, 0) is 62.5 Å². The molecule has 2 aromatic rings. The van der Waals surface area contributed by atoms with Gasteiger partial charge in [0.15, 0.2) is 0 Å². The van der Waals surface area contributed by atoms with Crippen molar-refractivity contribution in [1.29, 1.82) is 0 Å². The first-order valence-electron chi connectivity index (χ1n) is 10.5. The average Bonchev–Trinajstić information content (AvgIpc) is 2.98. The van der Waals surface area contributed by atoms with Crippen LogP contribution in [0.1, 0.15) is 38.8 Å². The van der Waals surface area contributed by atoms with Crippen LogP contribution in [-0.4, -0.2) is 38.1 Å². The first kappa shape index (κ1) is 24.2. The number of hydrogen-bond donors (Lipinski definition) is 1. The van der Waals surface area contributed by atoms with Gasteiger partial charge < -0.3 is 24.1 Å². The Morgan fingerprint density at radius 3 is 2.38 bits per heavy atom. The van der Waals surface area contributed by atoms with E-state index in [0.29, 0.717) is 16.2 Å². The summed E-state index contributed by atoms with van der Waals surface area (Å²) in [4.78, 5) is 12.3. The Labute approximate surface area is 195 Å². The van der Waals surface area contributed by atoms with E-state index in [1.165, 1.54) is 0 Å². The van der Waals surface area contributed by atoms with E-state index < -0.39 is 24.4 Å². The monoisotopic (exact) mass is 457 g/mol. The van der Waals surface area contributed by atoms with Crippen molar-refractivity contribution in [2.75, 3.05) is 13.7 Å². The summed E-state index contributed by atoms with van der Waals surface area (Å²) in [6, 6.07) is 14.9.